The van der Waals surface area contributed by atoms with Crippen LogP contribution in [0, 0.1) is 0 Å². The molecule has 1 N–H and O–H groups in total. The molecule has 7 nitrogen and oxygen atoms in total. The minimum Gasteiger partial charge on any atom is -0.483 e. The van der Waals surface area contributed by atoms with E-state index < -0.39 is 0 Å². The van der Waals surface area contributed by atoms with Crippen LogP contribution in [0.4, 0.5) is 0 Å². The third kappa shape index (κ3) is 5.60. The van der Waals surface area contributed by atoms with Gasteiger partial charge in [0.1, 0.15) is 5.75 Å². The summed E-state index contributed by atoms with van der Waals surface area (Å²) in [7, 11) is 1.61. The van der Waals surface area contributed by atoms with Crippen molar-refractivity contribution in [2.45, 2.75) is 37.8 Å². The Morgan fingerprint density at radius 2 is 1.97 bits per heavy atom. The molecule has 2 aliphatic rings. The summed E-state index contributed by atoms with van der Waals surface area (Å²) in [5, 5.41) is 2.63. The van der Waals surface area contributed by atoms with Crippen LogP contribution in [0.1, 0.15) is 53.4 Å². The van der Waals surface area contributed by atoms with E-state index in [0.29, 0.717) is 30.3 Å². The molecule has 0 bridgehead atoms. The lowest BCUT2D eigenvalue weighted by atomic mass is 10.1. The number of benzene rings is 1. The molecular formula is C26H32N4O3. The molecule has 0 spiro atoms. The SMILES string of the molecule is C=CC(=O)N1CCN(CC(Oc2ccc(C(=O)NC)cc2)c2ccc(C3CC3)cn2)C[C@H]1C. The lowest BCUT2D eigenvalue weighted by Gasteiger charge is -2.40. The van der Waals surface area contributed by atoms with Gasteiger partial charge in [-0.05, 0) is 67.7 Å². The standard InChI is InChI=1S/C26H32N4O3/c1-4-25(31)30-14-13-29(16-18(30)2)17-24(23-12-9-21(15-28-23)19-5-6-19)33-22-10-7-20(8-11-22)26(32)27-3/h4,7-12,15,18-19,24H,1,5-6,13-14,16-17H2,2-3H3,(H,27,32)/t18-,24?/m1/s1. The van der Waals surface area contributed by atoms with Gasteiger partial charge in [0.05, 0.1) is 5.69 Å². The topological polar surface area (TPSA) is 74.8 Å². The molecule has 174 valence electrons. The fraction of sp³-hybridized carbons (Fsp3) is 0.423. The second-order valence-corrected chi connectivity index (χ2v) is 8.85. The van der Waals surface area contributed by atoms with Gasteiger partial charge in [-0.2, -0.15) is 0 Å². The fourth-order valence-corrected chi connectivity index (χ4v) is 4.33. The summed E-state index contributed by atoms with van der Waals surface area (Å²) < 4.78 is 6.39. The van der Waals surface area contributed by atoms with Crippen molar-refractivity contribution in [2.75, 3.05) is 33.2 Å². The number of pyridine rings is 1. The molecule has 1 aliphatic heterocycles. The molecule has 2 atom stereocenters. The maximum absolute atomic E-state index is 12.1. The van der Waals surface area contributed by atoms with Gasteiger partial charge in [-0.25, -0.2) is 0 Å². The zero-order valence-corrected chi connectivity index (χ0v) is 19.4. The van der Waals surface area contributed by atoms with Crippen LogP contribution in [0.2, 0.25) is 0 Å². The molecule has 4 rings (SSSR count). The highest BCUT2D eigenvalue weighted by atomic mass is 16.5. The maximum Gasteiger partial charge on any atom is 0.251 e. The molecule has 1 unspecified atom stereocenters. The number of carbonyl (C=O) groups excluding carboxylic acids is 2. The quantitative estimate of drug-likeness (QED) is 0.628. The number of carbonyl (C=O) groups is 2. The van der Waals surface area contributed by atoms with E-state index in [9.17, 15) is 9.59 Å². The summed E-state index contributed by atoms with van der Waals surface area (Å²) >= 11 is 0. The molecule has 2 aromatic rings. The van der Waals surface area contributed by atoms with Crippen molar-refractivity contribution in [1.82, 2.24) is 20.1 Å². The molecule has 33 heavy (non-hydrogen) atoms. The summed E-state index contributed by atoms with van der Waals surface area (Å²) in [6, 6.07) is 11.5. The van der Waals surface area contributed by atoms with Gasteiger partial charge in [0, 0.05) is 51.0 Å². The largest absolute Gasteiger partial charge is 0.483 e. The number of aromatic nitrogens is 1. The number of nitrogens with zero attached hydrogens (tertiary/aromatic N) is 3. The Morgan fingerprint density at radius 1 is 1.21 bits per heavy atom. The molecule has 2 heterocycles. The Balaban J connectivity index is 1.49. The smallest absolute Gasteiger partial charge is 0.251 e. The Morgan fingerprint density at radius 3 is 2.55 bits per heavy atom. The molecule has 1 aromatic heterocycles. The van der Waals surface area contributed by atoms with Crippen molar-refractivity contribution in [3.63, 3.8) is 0 Å². The van der Waals surface area contributed by atoms with Crippen LogP contribution < -0.4 is 10.1 Å². The first-order valence-electron chi connectivity index (χ1n) is 11.6. The first-order valence-corrected chi connectivity index (χ1v) is 11.6. The van der Waals surface area contributed by atoms with Crippen LogP contribution >= 0.6 is 0 Å². The zero-order chi connectivity index (χ0) is 23.4. The lowest BCUT2D eigenvalue weighted by Crippen LogP contribution is -2.54. The third-order valence-corrected chi connectivity index (χ3v) is 6.40. The molecule has 1 aromatic carbocycles. The van der Waals surface area contributed by atoms with Crippen LogP contribution in [0.15, 0.2) is 55.3 Å². The van der Waals surface area contributed by atoms with E-state index in [1.807, 2.05) is 23.2 Å². The Kier molecular flexibility index (Phi) is 7.08. The summed E-state index contributed by atoms with van der Waals surface area (Å²) in [4.78, 5) is 32.9. The van der Waals surface area contributed by atoms with Crippen molar-refractivity contribution in [3.8, 4) is 5.75 Å². The summed E-state index contributed by atoms with van der Waals surface area (Å²) in [5.74, 6) is 1.19. The normalized spacial score (nSPS) is 19.6. The number of amides is 2. The number of hydrogen-bond donors (Lipinski definition) is 1. The zero-order valence-electron chi connectivity index (χ0n) is 19.4. The second-order valence-electron chi connectivity index (χ2n) is 8.85. The minimum absolute atomic E-state index is 0.0245. The van der Waals surface area contributed by atoms with E-state index in [2.05, 4.69) is 35.9 Å². The summed E-state index contributed by atoms with van der Waals surface area (Å²) in [6.45, 7) is 8.51. The van der Waals surface area contributed by atoms with Gasteiger partial charge in [0.25, 0.3) is 5.91 Å². The summed E-state index contributed by atoms with van der Waals surface area (Å²) in [5.41, 5.74) is 2.76. The lowest BCUT2D eigenvalue weighted by molar-refractivity contribution is -0.130. The summed E-state index contributed by atoms with van der Waals surface area (Å²) in [6.07, 6.45) is 5.57. The van der Waals surface area contributed by atoms with Gasteiger partial charge in [-0.3, -0.25) is 19.5 Å². The second kappa shape index (κ2) is 10.2. The van der Waals surface area contributed by atoms with Crippen molar-refractivity contribution in [1.29, 1.82) is 0 Å². The average Bonchev–Trinajstić information content (AvgIpc) is 3.69. The highest BCUT2D eigenvalue weighted by molar-refractivity contribution is 5.94. The molecular weight excluding hydrogens is 416 g/mol. The Labute approximate surface area is 195 Å². The van der Waals surface area contributed by atoms with Gasteiger partial charge >= 0.3 is 0 Å². The molecule has 1 saturated heterocycles. The first kappa shape index (κ1) is 23.0. The number of nitrogens with one attached hydrogen (secondary N) is 1. The van der Waals surface area contributed by atoms with Crippen LogP contribution in [-0.4, -0.2) is 65.9 Å². The van der Waals surface area contributed by atoms with Crippen molar-refractivity contribution in [3.05, 3.63) is 72.1 Å². The molecule has 1 saturated carbocycles. The van der Waals surface area contributed by atoms with E-state index in [4.69, 9.17) is 9.72 Å². The average molecular weight is 449 g/mol. The first-order chi connectivity index (χ1) is 16.0. The minimum atomic E-state index is -0.266. The van der Waals surface area contributed by atoms with Gasteiger partial charge < -0.3 is 15.0 Å². The van der Waals surface area contributed by atoms with Crippen molar-refractivity contribution in [2.24, 2.45) is 0 Å². The number of piperazine rings is 1. The molecule has 2 amide bonds. The highest BCUT2D eigenvalue weighted by Crippen LogP contribution is 2.39. The number of hydrogen-bond acceptors (Lipinski definition) is 5. The van der Waals surface area contributed by atoms with Gasteiger partial charge in [0.15, 0.2) is 6.10 Å². The highest BCUT2D eigenvalue weighted by Gasteiger charge is 2.29. The molecule has 2 fully saturated rings. The molecule has 0 radical (unpaired) electrons. The number of ether oxygens (including phenoxy) is 1. The van der Waals surface area contributed by atoms with Crippen molar-refractivity contribution < 1.29 is 14.3 Å². The van der Waals surface area contributed by atoms with Crippen LogP contribution in [0.3, 0.4) is 0 Å². The van der Waals surface area contributed by atoms with Crippen LogP contribution in [0.5, 0.6) is 5.75 Å². The maximum atomic E-state index is 12.1. The fourth-order valence-electron chi connectivity index (χ4n) is 4.33. The predicted octanol–water partition coefficient (Wildman–Crippen LogP) is 3.16. The van der Waals surface area contributed by atoms with E-state index in [-0.39, 0.29) is 24.0 Å². The van der Waals surface area contributed by atoms with Crippen LogP contribution in [-0.2, 0) is 4.79 Å². The Hall–Kier alpha value is -3.19. The van der Waals surface area contributed by atoms with E-state index in [0.717, 1.165) is 18.8 Å². The monoisotopic (exact) mass is 448 g/mol. The van der Waals surface area contributed by atoms with E-state index in [1.54, 1.807) is 19.2 Å². The van der Waals surface area contributed by atoms with E-state index >= 15 is 0 Å². The molecule has 1 aliphatic carbocycles. The number of rotatable bonds is 8. The van der Waals surface area contributed by atoms with Gasteiger partial charge in [-0.1, -0.05) is 12.6 Å². The van der Waals surface area contributed by atoms with Crippen LogP contribution in [0.25, 0.3) is 0 Å². The van der Waals surface area contributed by atoms with Crippen molar-refractivity contribution >= 4 is 11.8 Å². The third-order valence-electron chi connectivity index (χ3n) is 6.40. The van der Waals surface area contributed by atoms with Gasteiger partial charge in [-0.15, -0.1) is 0 Å². The van der Waals surface area contributed by atoms with E-state index in [1.165, 1.54) is 24.5 Å². The predicted molar refractivity (Wildman–Crippen MR) is 127 cm³/mol. The Bertz CT molecular complexity index is 986. The molecule has 7 heteroatoms. The van der Waals surface area contributed by atoms with Gasteiger partial charge in [0.2, 0.25) is 5.91 Å².